The average molecular weight is 432 g/mol. The maximum atomic E-state index is 11.8. The van der Waals surface area contributed by atoms with E-state index in [9.17, 15) is 10.2 Å². The first kappa shape index (κ1) is 21.0. The predicted octanol–water partition coefficient (Wildman–Crippen LogP) is 4.59. The van der Waals surface area contributed by atoms with E-state index in [1.165, 1.54) is 5.56 Å². The molecule has 0 saturated carbocycles. The van der Waals surface area contributed by atoms with Crippen molar-refractivity contribution in [1.29, 1.82) is 0 Å². The van der Waals surface area contributed by atoms with Crippen LogP contribution >= 0.6 is 0 Å². The molecule has 2 bridgehead atoms. The smallest absolute Gasteiger partial charge is 0.131 e. The van der Waals surface area contributed by atoms with Crippen LogP contribution in [0.15, 0.2) is 67.4 Å². The van der Waals surface area contributed by atoms with Crippen LogP contribution in [-0.2, 0) is 6.54 Å². The predicted molar refractivity (Wildman–Crippen MR) is 125 cm³/mol. The van der Waals surface area contributed by atoms with Gasteiger partial charge in [0, 0.05) is 35.9 Å². The number of methoxy groups -OCH3 is 1. The number of hydrogen-bond acceptors (Lipinski definition) is 4. The van der Waals surface area contributed by atoms with Gasteiger partial charge in [0.25, 0.3) is 0 Å². The van der Waals surface area contributed by atoms with Crippen LogP contribution in [0.3, 0.4) is 0 Å². The number of piperidine rings is 3. The minimum absolute atomic E-state index is 0.0931. The van der Waals surface area contributed by atoms with E-state index in [2.05, 4.69) is 17.6 Å². The minimum atomic E-state index is -0.599. The van der Waals surface area contributed by atoms with Crippen molar-refractivity contribution in [3.05, 3.63) is 78.5 Å². The van der Waals surface area contributed by atoms with Crippen LogP contribution in [0.2, 0.25) is 0 Å². The van der Waals surface area contributed by atoms with Gasteiger partial charge in [0.05, 0.1) is 25.7 Å². The quantitative estimate of drug-likeness (QED) is 0.443. The standard InChI is InChI=1S/C27H30N2O3/c1-3-19-17-29(16-18-4-6-21(30)7-5-18)13-11-20(19)14-26(29)27(31)23-10-12-28-25-9-8-22(32-2)15-24(23)25/h3-10,12,15,19-20,26-27,31H,1,11,13-14,16-17H2,2H3/p+1/t19?,20?,26?,27-,29?/m0/s1. The molecule has 1 aromatic heterocycles. The Kier molecular flexibility index (Phi) is 5.39. The molecule has 3 saturated heterocycles. The molecule has 5 atom stereocenters. The zero-order valence-electron chi connectivity index (χ0n) is 18.5. The van der Waals surface area contributed by atoms with E-state index in [1.54, 1.807) is 25.4 Å². The molecule has 0 radical (unpaired) electrons. The molecule has 32 heavy (non-hydrogen) atoms. The lowest BCUT2D eigenvalue weighted by Crippen LogP contribution is -2.67. The van der Waals surface area contributed by atoms with Gasteiger partial charge in [-0.15, -0.1) is 6.58 Å². The first-order valence-electron chi connectivity index (χ1n) is 11.4. The highest BCUT2D eigenvalue weighted by atomic mass is 16.5. The fraction of sp³-hybridized carbons (Fsp3) is 0.370. The largest absolute Gasteiger partial charge is 0.508 e. The molecule has 5 nitrogen and oxygen atoms in total. The lowest BCUT2D eigenvalue weighted by atomic mass is 9.71. The van der Waals surface area contributed by atoms with Crippen LogP contribution < -0.4 is 4.74 Å². The normalized spacial score (nSPS) is 27.9. The van der Waals surface area contributed by atoms with Gasteiger partial charge in [-0.1, -0.05) is 6.08 Å². The highest BCUT2D eigenvalue weighted by Gasteiger charge is 2.53. The highest BCUT2D eigenvalue weighted by molar-refractivity contribution is 5.83. The Balaban J connectivity index is 1.55. The van der Waals surface area contributed by atoms with Crippen molar-refractivity contribution in [3.8, 4) is 11.5 Å². The number of ether oxygens (including phenoxy) is 1. The molecule has 0 aliphatic carbocycles. The summed E-state index contributed by atoms with van der Waals surface area (Å²) in [4.78, 5) is 4.50. The molecule has 0 spiro atoms. The second kappa shape index (κ2) is 8.23. The van der Waals surface area contributed by atoms with Crippen molar-refractivity contribution in [2.24, 2.45) is 11.8 Å². The Bertz CT molecular complexity index is 1130. The third kappa shape index (κ3) is 3.55. The SMILES string of the molecule is C=CC1C[N+]2(Cc3ccc(O)cc3)CCC1CC2[C@@H](O)c1ccnc2ccc(OC)cc12. The number of hydrogen-bond donors (Lipinski definition) is 2. The number of aromatic nitrogens is 1. The molecule has 166 valence electrons. The van der Waals surface area contributed by atoms with Gasteiger partial charge in [-0.3, -0.25) is 4.98 Å². The van der Waals surface area contributed by atoms with Gasteiger partial charge in [-0.2, -0.15) is 0 Å². The lowest BCUT2D eigenvalue weighted by molar-refractivity contribution is -0.984. The molecule has 3 aromatic rings. The second-order valence-electron chi connectivity index (χ2n) is 9.43. The number of fused-ring (bicyclic) bond motifs is 4. The van der Waals surface area contributed by atoms with Crippen molar-refractivity contribution in [3.63, 3.8) is 0 Å². The Labute approximate surface area is 189 Å². The van der Waals surface area contributed by atoms with E-state index in [-0.39, 0.29) is 11.8 Å². The summed E-state index contributed by atoms with van der Waals surface area (Å²) in [6.45, 7) is 6.99. The number of pyridine rings is 1. The molecule has 5 heteroatoms. The van der Waals surface area contributed by atoms with Crippen LogP contribution in [0.4, 0.5) is 0 Å². The highest BCUT2D eigenvalue weighted by Crippen LogP contribution is 2.48. The van der Waals surface area contributed by atoms with Crippen LogP contribution in [0.25, 0.3) is 10.9 Å². The minimum Gasteiger partial charge on any atom is -0.508 e. The molecule has 4 unspecified atom stereocenters. The number of quaternary nitrogens is 1. The Morgan fingerprint density at radius 1 is 1.22 bits per heavy atom. The molecule has 3 fully saturated rings. The maximum Gasteiger partial charge on any atom is 0.131 e. The first-order chi connectivity index (χ1) is 15.5. The fourth-order valence-corrected chi connectivity index (χ4v) is 6.08. The Hall–Kier alpha value is -2.89. The molecule has 3 aliphatic heterocycles. The Morgan fingerprint density at radius 2 is 2.03 bits per heavy atom. The van der Waals surface area contributed by atoms with Gasteiger partial charge in [0.2, 0.25) is 0 Å². The number of phenolic OH excluding ortho intramolecular Hbond substituents is 1. The summed E-state index contributed by atoms with van der Waals surface area (Å²) in [5.74, 6) is 2.08. The van der Waals surface area contributed by atoms with Crippen molar-refractivity contribution >= 4 is 10.9 Å². The van der Waals surface area contributed by atoms with Crippen molar-refractivity contribution in [1.82, 2.24) is 4.98 Å². The van der Waals surface area contributed by atoms with Crippen molar-refractivity contribution in [2.45, 2.75) is 31.5 Å². The van der Waals surface area contributed by atoms with Crippen LogP contribution in [0.1, 0.15) is 30.1 Å². The maximum absolute atomic E-state index is 11.8. The summed E-state index contributed by atoms with van der Waals surface area (Å²) in [6.07, 6.45) is 5.44. The van der Waals surface area contributed by atoms with Gasteiger partial charge in [0.1, 0.15) is 30.2 Å². The van der Waals surface area contributed by atoms with E-state index in [0.29, 0.717) is 11.8 Å². The zero-order chi connectivity index (χ0) is 22.3. The van der Waals surface area contributed by atoms with Crippen LogP contribution in [0.5, 0.6) is 11.5 Å². The van der Waals surface area contributed by atoms with E-state index in [4.69, 9.17) is 4.74 Å². The lowest BCUT2D eigenvalue weighted by Gasteiger charge is -2.58. The van der Waals surface area contributed by atoms with E-state index < -0.39 is 6.10 Å². The molecule has 3 aliphatic rings. The van der Waals surface area contributed by atoms with Crippen LogP contribution in [0, 0.1) is 11.8 Å². The molecule has 2 aromatic carbocycles. The molecule has 6 rings (SSSR count). The summed E-state index contributed by atoms with van der Waals surface area (Å²) in [5.41, 5.74) is 2.97. The number of rotatable bonds is 6. The van der Waals surface area contributed by atoms with Crippen molar-refractivity contribution < 1.29 is 19.4 Å². The van der Waals surface area contributed by atoms with Gasteiger partial charge in [-0.25, -0.2) is 0 Å². The monoisotopic (exact) mass is 431 g/mol. The van der Waals surface area contributed by atoms with Crippen LogP contribution in [-0.4, -0.2) is 45.9 Å². The average Bonchev–Trinajstić information content (AvgIpc) is 2.84. The van der Waals surface area contributed by atoms with Crippen molar-refractivity contribution in [2.75, 3.05) is 20.2 Å². The number of benzene rings is 2. The third-order valence-electron chi connectivity index (χ3n) is 7.78. The van der Waals surface area contributed by atoms with E-state index >= 15 is 0 Å². The van der Waals surface area contributed by atoms with Gasteiger partial charge >= 0.3 is 0 Å². The number of aromatic hydroxyl groups is 1. The number of aliphatic hydroxyl groups excluding tert-OH is 1. The number of phenols is 1. The molecule has 2 N–H and O–H groups in total. The van der Waals surface area contributed by atoms with Gasteiger partial charge in [0.15, 0.2) is 0 Å². The van der Waals surface area contributed by atoms with E-state index in [0.717, 1.165) is 59.2 Å². The number of aliphatic hydroxyl groups is 1. The van der Waals surface area contributed by atoms with Gasteiger partial charge < -0.3 is 19.4 Å². The van der Waals surface area contributed by atoms with Gasteiger partial charge in [-0.05, 0) is 60.0 Å². The summed E-state index contributed by atoms with van der Waals surface area (Å²) in [7, 11) is 1.66. The number of nitrogens with zero attached hydrogens (tertiary/aromatic N) is 2. The molecular formula is C27H31N2O3+. The zero-order valence-corrected chi connectivity index (χ0v) is 18.5. The molecular weight excluding hydrogens is 400 g/mol. The third-order valence-corrected chi connectivity index (χ3v) is 7.78. The Morgan fingerprint density at radius 3 is 2.78 bits per heavy atom. The topological polar surface area (TPSA) is 62.6 Å². The summed E-state index contributed by atoms with van der Waals surface area (Å²) >= 11 is 0. The first-order valence-corrected chi connectivity index (χ1v) is 11.4. The van der Waals surface area contributed by atoms with E-state index in [1.807, 2.05) is 36.4 Å². The molecule has 4 heterocycles. The fourth-order valence-electron chi connectivity index (χ4n) is 6.08. The summed E-state index contributed by atoms with van der Waals surface area (Å²) in [5, 5.41) is 22.5. The molecule has 0 amide bonds. The second-order valence-corrected chi connectivity index (χ2v) is 9.43. The summed E-state index contributed by atoms with van der Waals surface area (Å²) in [6, 6.07) is 15.4. The summed E-state index contributed by atoms with van der Waals surface area (Å²) < 4.78 is 6.28.